The molecule has 1 N–H and O–H groups in total. The first-order valence-electron chi connectivity index (χ1n) is 7.69. The molecular formula is C16H17N3O6. The van der Waals surface area contributed by atoms with Crippen LogP contribution in [0.1, 0.15) is 22.1 Å². The highest BCUT2D eigenvalue weighted by molar-refractivity contribution is 5.97. The number of aryl methyl sites for hydroxylation is 1. The first kappa shape index (κ1) is 16.9. The predicted octanol–water partition coefficient (Wildman–Crippen LogP) is 0.883. The van der Waals surface area contributed by atoms with Gasteiger partial charge >= 0.3 is 5.97 Å². The number of hydrogen-bond acceptors (Lipinski definition) is 7. The highest BCUT2D eigenvalue weighted by atomic mass is 16.5. The molecule has 0 saturated carbocycles. The summed E-state index contributed by atoms with van der Waals surface area (Å²) in [4.78, 5) is 29.3. The van der Waals surface area contributed by atoms with Gasteiger partial charge in [-0.2, -0.15) is 4.98 Å². The van der Waals surface area contributed by atoms with Crippen LogP contribution in [0.25, 0.3) is 0 Å². The maximum atomic E-state index is 12.8. The van der Waals surface area contributed by atoms with Gasteiger partial charge in [0.2, 0.25) is 11.7 Å². The molecule has 1 aromatic heterocycles. The average molecular weight is 347 g/mol. The molecule has 132 valence electrons. The number of carboxylic acids is 1. The van der Waals surface area contributed by atoms with Crippen LogP contribution in [0, 0.1) is 6.92 Å². The van der Waals surface area contributed by atoms with Crippen LogP contribution in [0.5, 0.6) is 5.75 Å². The second-order valence-electron chi connectivity index (χ2n) is 5.46. The van der Waals surface area contributed by atoms with Gasteiger partial charge in [-0.25, -0.2) is 4.79 Å². The van der Waals surface area contributed by atoms with E-state index in [1.807, 2.05) is 0 Å². The Morgan fingerprint density at radius 3 is 2.92 bits per heavy atom. The van der Waals surface area contributed by atoms with Crippen molar-refractivity contribution in [3.63, 3.8) is 0 Å². The van der Waals surface area contributed by atoms with E-state index in [-0.39, 0.29) is 25.7 Å². The summed E-state index contributed by atoms with van der Waals surface area (Å²) in [6.45, 7) is 2.22. The Bertz CT molecular complexity index is 775. The lowest BCUT2D eigenvalue weighted by Gasteiger charge is -2.31. The van der Waals surface area contributed by atoms with Crippen molar-refractivity contribution in [2.75, 3.05) is 19.7 Å². The third kappa shape index (κ3) is 3.94. The molecule has 0 bridgehead atoms. The van der Waals surface area contributed by atoms with Gasteiger partial charge in [-0.1, -0.05) is 17.3 Å². The molecule has 1 aliphatic heterocycles. The van der Waals surface area contributed by atoms with Gasteiger partial charge in [-0.15, -0.1) is 0 Å². The maximum absolute atomic E-state index is 12.8. The zero-order valence-electron chi connectivity index (χ0n) is 13.5. The molecule has 2 heterocycles. The molecule has 0 spiro atoms. The average Bonchev–Trinajstić information content (AvgIpc) is 3.05. The van der Waals surface area contributed by atoms with Crippen LogP contribution in [-0.4, -0.2) is 57.8 Å². The smallest absolute Gasteiger partial charge is 0.334 e. The number of rotatable bonds is 5. The molecule has 1 unspecified atom stereocenters. The SMILES string of the molecule is Cc1nc(COc2ccccc2C(=O)N2CCOC(C(=O)O)C2)no1. The highest BCUT2D eigenvalue weighted by Crippen LogP contribution is 2.22. The van der Waals surface area contributed by atoms with E-state index in [1.165, 1.54) is 4.90 Å². The summed E-state index contributed by atoms with van der Waals surface area (Å²) < 4.78 is 15.7. The third-order valence-corrected chi connectivity index (χ3v) is 3.67. The minimum atomic E-state index is -1.09. The third-order valence-electron chi connectivity index (χ3n) is 3.67. The maximum Gasteiger partial charge on any atom is 0.334 e. The van der Waals surface area contributed by atoms with E-state index in [0.717, 1.165) is 0 Å². The normalized spacial score (nSPS) is 17.3. The molecule has 1 aliphatic rings. The van der Waals surface area contributed by atoms with Crippen LogP contribution in [0.4, 0.5) is 0 Å². The van der Waals surface area contributed by atoms with Gasteiger partial charge in [0.25, 0.3) is 5.91 Å². The van der Waals surface area contributed by atoms with Crippen LogP contribution in [0.15, 0.2) is 28.8 Å². The van der Waals surface area contributed by atoms with Crippen molar-refractivity contribution in [1.82, 2.24) is 15.0 Å². The van der Waals surface area contributed by atoms with Gasteiger partial charge in [0.15, 0.2) is 12.7 Å². The van der Waals surface area contributed by atoms with Gasteiger partial charge in [0, 0.05) is 13.5 Å². The Morgan fingerprint density at radius 1 is 1.40 bits per heavy atom. The summed E-state index contributed by atoms with van der Waals surface area (Å²) in [5.41, 5.74) is 0.341. The van der Waals surface area contributed by atoms with Crippen molar-refractivity contribution in [1.29, 1.82) is 0 Å². The van der Waals surface area contributed by atoms with Crippen molar-refractivity contribution in [3.05, 3.63) is 41.5 Å². The standard InChI is InChI=1S/C16H17N3O6/c1-10-17-14(18-25-10)9-24-12-5-3-2-4-11(12)15(20)19-6-7-23-13(8-19)16(21)22/h2-5,13H,6-9H2,1H3,(H,21,22). The fraction of sp³-hybridized carbons (Fsp3) is 0.375. The van der Waals surface area contributed by atoms with Gasteiger partial charge in [-0.05, 0) is 12.1 Å². The number of carbonyl (C=O) groups excluding carboxylic acids is 1. The molecule has 25 heavy (non-hydrogen) atoms. The lowest BCUT2D eigenvalue weighted by Crippen LogP contribution is -2.48. The Balaban J connectivity index is 1.73. The number of para-hydroxylation sites is 1. The minimum Gasteiger partial charge on any atom is -0.485 e. The van der Waals surface area contributed by atoms with E-state index in [1.54, 1.807) is 31.2 Å². The molecule has 1 fully saturated rings. The van der Waals surface area contributed by atoms with Crippen molar-refractivity contribution < 1.29 is 28.7 Å². The van der Waals surface area contributed by atoms with Crippen molar-refractivity contribution >= 4 is 11.9 Å². The second kappa shape index (κ2) is 7.31. The van der Waals surface area contributed by atoms with E-state index in [0.29, 0.717) is 29.6 Å². The number of hydrogen-bond donors (Lipinski definition) is 1. The van der Waals surface area contributed by atoms with Crippen molar-refractivity contribution in [2.45, 2.75) is 19.6 Å². The summed E-state index contributed by atoms with van der Waals surface area (Å²) >= 11 is 0. The number of benzene rings is 1. The molecule has 1 amide bonds. The van der Waals surface area contributed by atoms with Gasteiger partial charge < -0.3 is 24.0 Å². The van der Waals surface area contributed by atoms with Crippen LogP contribution in [-0.2, 0) is 16.1 Å². The van der Waals surface area contributed by atoms with Crippen LogP contribution in [0.2, 0.25) is 0 Å². The van der Waals surface area contributed by atoms with Crippen molar-refractivity contribution in [2.24, 2.45) is 0 Å². The number of ether oxygens (including phenoxy) is 2. The van der Waals surface area contributed by atoms with Gasteiger partial charge in [-0.3, -0.25) is 4.79 Å². The highest BCUT2D eigenvalue weighted by Gasteiger charge is 2.30. The summed E-state index contributed by atoms with van der Waals surface area (Å²) in [6.07, 6.45) is -1.02. The Labute approximate surface area is 143 Å². The van der Waals surface area contributed by atoms with Crippen LogP contribution in [0.3, 0.4) is 0 Å². The molecule has 0 radical (unpaired) electrons. The van der Waals surface area contributed by atoms with E-state index in [4.69, 9.17) is 19.1 Å². The van der Waals surface area contributed by atoms with E-state index < -0.39 is 12.1 Å². The Hall–Kier alpha value is -2.94. The minimum absolute atomic E-state index is 0.00740. The molecule has 1 saturated heterocycles. The van der Waals surface area contributed by atoms with E-state index in [9.17, 15) is 9.59 Å². The fourth-order valence-electron chi connectivity index (χ4n) is 2.46. The zero-order valence-corrected chi connectivity index (χ0v) is 13.5. The van der Waals surface area contributed by atoms with Crippen LogP contribution < -0.4 is 4.74 Å². The molecule has 0 aliphatic carbocycles. The monoisotopic (exact) mass is 347 g/mol. The van der Waals surface area contributed by atoms with Gasteiger partial charge in [0.1, 0.15) is 5.75 Å². The summed E-state index contributed by atoms with van der Waals surface area (Å²) in [5.74, 6) is -0.231. The molecule has 9 nitrogen and oxygen atoms in total. The molecule has 1 atom stereocenters. The largest absolute Gasteiger partial charge is 0.485 e. The lowest BCUT2D eigenvalue weighted by molar-refractivity contribution is -0.154. The molecule has 9 heteroatoms. The lowest BCUT2D eigenvalue weighted by atomic mass is 10.1. The molecule has 1 aromatic carbocycles. The Morgan fingerprint density at radius 2 is 2.20 bits per heavy atom. The number of carbonyl (C=O) groups is 2. The van der Waals surface area contributed by atoms with Crippen molar-refractivity contribution in [3.8, 4) is 5.75 Å². The quantitative estimate of drug-likeness (QED) is 0.848. The molecule has 2 aromatic rings. The summed E-state index contributed by atoms with van der Waals surface area (Å²) in [7, 11) is 0. The van der Waals surface area contributed by atoms with Gasteiger partial charge in [0.05, 0.1) is 18.7 Å². The first-order valence-corrected chi connectivity index (χ1v) is 7.69. The number of nitrogens with zero attached hydrogens (tertiary/aromatic N) is 3. The first-order chi connectivity index (χ1) is 12.0. The topological polar surface area (TPSA) is 115 Å². The number of aliphatic carboxylic acids is 1. The van der Waals surface area contributed by atoms with E-state index in [2.05, 4.69) is 10.1 Å². The Kier molecular flexibility index (Phi) is 4.94. The van der Waals surface area contributed by atoms with Crippen LogP contribution >= 0.6 is 0 Å². The summed E-state index contributed by atoms with van der Waals surface area (Å²) in [6, 6.07) is 6.75. The zero-order chi connectivity index (χ0) is 17.8. The number of amides is 1. The summed E-state index contributed by atoms with van der Waals surface area (Å²) in [5, 5.41) is 12.8. The number of aromatic nitrogens is 2. The number of morpholine rings is 1. The van der Waals surface area contributed by atoms with E-state index >= 15 is 0 Å². The molecular weight excluding hydrogens is 330 g/mol. The fourth-order valence-corrected chi connectivity index (χ4v) is 2.46. The number of carboxylic acid groups (broad SMARTS) is 1. The second-order valence-corrected chi connectivity index (χ2v) is 5.46. The predicted molar refractivity (Wildman–Crippen MR) is 83.1 cm³/mol. The molecule has 3 rings (SSSR count).